The molecule has 1 N–H and O–H groups in total. The Morgan fingerprint density at radius 2 is 1.59 bits per heavy atom. The molecule has 0 aliphatic carbocycles. The predicted molar refractivity (Wildman–Crippen MR) is 109 cm³/mol. The summed E-state index contributed by atoms with van der Waals surface area (Å²) in [6.45, 7) is 3.61. The lowest BCUT2D eigenvalue weighted by Crippen LogP contribution is -2.31. The average Bonchev–Trinajstić information content (AvgIpc) is 2.69. The van der Waals surface area contributed by atoms with Gasteiger partial charge in [0.25, 0.3) is 0 Å². The number of carboxylic acids is 2. The van der Waals surface area contributed by atoms with Crippen LogP contribution in [0.5, 0.6) is 0 Å². The molecule has 4 rings (SSSR count). The van der Waals surface area contributed by atoms with Gasteiger partial charge in [-0.25, -0.2) is 4.79 Å². The van der Waals surface area contributed by atoms with Gasteiger partial charge in [-0.3, -0.25) is 0 Å². The van der Waals surface area contributed by atoms with Crippen molar-refractivity contribution in [1.29, 1.82) is 0 Å². The third-order valence-corrected chi connectivity index (χ3v) is 5.69. The largest absolute Gasteiger partial charge is 0.545 e. The van der Waals surface area contributed by atoms with Crippen LogP contribution in [-0.2, 0) is 7.05 Å². The molecule has 0 unspecified atom stereocenters. The number of para-hydroxylation sites is 1. The Morgan fingerprint density at radius 1 is 0.897 bits per heavy atom. The van der Waals surface area contributed by atoms with Gasteiger partial charge >= 0.3 is 5.97 Å². The van der Waals surface area contributed by atoms with Gasteiger partial charge in [-0.1, -0.05) is 24.3 Å². The molecule has 4 aromatic rings. The molecule has 0 amide bonds. The predicted octanol–water partition coefficient (Wildman–Crippen LogP) is 3.16. The van der Waals surface area contributed by atoms with Gasteiger partial charge in [0.05, 0.1) is 22.3 Å². The molecule has 144 valence electrons. The first-order valence-electron chi connectivity index (χ1n) is 9.21. The summed E-state index contributed by atoms with van der Waals surface area (Å²) >= 11 is 0. The van der Waals surface area contributed by atoms with Crippen LogP contribution < -0.4 is 9.67 Å². The fourth-order valence-corrected chi connectivity index (χ4v) is 4.03. The Labute approximate surface area is 167 Å². The molecule has 1 heterocycles. The van der Waals surface area contributed by atoms with Gasteiger partial charge in [-0.05, 0) is 54.3 Å². The summed E-state index contributed by atoms with van der Waals surface area (Å²) in [6.07, 6.45) is 0. The van der Waals surface area contributed by atoms with E-state index in [2.05, 4.69) is 0 Å². The van der Waals surface area contributed by atoms with E-state index >= 15 is 0 Å². The summed E-state index contributed by atoms with van der Waals surface area (Å²) in [6, 6.07) is 16.4. The highest BCUT2D eigenvalue weighted by atomic mass is 16.4. The monoisotopic (exact) mass is 385 g/mol. The Hall–Kier alpha value is -3.73. The Kier molecular flexibility index (Phi) is 4.31. The van der Waals surface area contributed by atoms with Crippen molar-refractivity contribution in [1.82, 2.24) is 0 Å². The molecule has 0 spiro atoms. The van der Waals surface area contributed by atoms with Gasteiger partial charge in [0.2, 0.25) is 11.0 Å². The zero-order chi connectivity index (χ0) is 20.9. The van der Waals surface area contributed by atoms with Crippen LogP contribution in [0.2, 0.25) is 0 Å². The number of fused-ring (bicyclic) bond motifs is 2. The number of nitrogens with zero attached hydrogens (tertiary/aromatic N) is 1. The summed E-state index contributed by atoms with van der Waals surface area (Å²) in [5.41, 5.74) is 5.24. The molecule has 0 aliphatic heterocycles. The lowest BCUT2D eigenvalue weighted by atomic mass is 9.92. The van der Waals surface area contributed by atoms with E-state index in [-0.39, 0.29) is 11.1 Å². The van der Waals surface area contributed by atoms with Crippen LogP contribution in [0.3, 0.4) is 0 Å². The van der Waals surface area contributed by atoms with Crippen molar-refractivity contribution in [3.63, 3.8) is 0 Å². The second-order valence-corrected chi connectivity index (χ2v) is 7.19. The second kappa shape index (κ2) is 6.71. The second-order valence-electron chi connectivity index (χ2n) is 7.19. The van der Waals surface area contributed by atoms with E-state index in [1.54, 1.807) is 13.0 Å². The lowest BCUT2D eigenvalue weighted by Gasteiger charge is -2.15. The normalized spacial score (nSPS) is 11.1. The van der Waals surface area contributed by atoms with E-state index in [1.165, 1.54) is 6.07 Å². The first-order chi connectivity index (χ1) is 13.8. The van der Waals surface area contributed by atoms with Gasteiger partial charge in [-0.15, -0.1) is 0 Å². The number of benzene rings is 3. The molecule has 5 heteroatoms. The number of aromatic nitrogens is 1. The van der Waals surface area contributed by atoms with Gasteiger partial charge in [-0.2, -0.15) is 4.57 Å². The fraction of sp³-hybridized carbons (Fsp3) is 0.125. The maximum Gasteiger partial charge on any atom is 0.337 e. The Bertz CT molecular complexity index is 1340. The minimum Gasteiger partial charge on any atom is -0.545 e. The van der Waals surface area contributed by atoms with Crippen molar-refractivity contribution in [3.8, 4) is 11.1 Å². The molecule has 0 aliphatic rings. The van der Waals surface area contributed by atoms with E-state index in [0.29, 0.717) is 16.3 Å². The van der Waals surface area contributed by atoms with Crippen LogP contribution in [-0.4, -0.2) is 17.0 Å². The highest BCUT2D eigenvalue weighted by Gasteiger charge is 2.22. The number of hydrogen-bond donors (Lipinski definition) is 1. The van der Waals surface area contributed by atoms with Crippen LogP contribution in [0, 0.1) is 13.8 Å². The molecular weight excluding hydrogens is 366 g/mol. The van der Waals surface area contributed by atoms with Gasteiger partial charge in [0, 0.05) is 17.7 Å². The summed E-state index contributed by atoms with van der Waals surface area (Å²) in [7, 11) is 1.92. The van der Waals surface area contributed by atoms with E-state index in [0.717, 1.165) is 27.7 Å². The third kappa shape index (κ3) is 2.83. The topological polar surface area (TPSA) is 81.3 Å². The minimum absolute atomic E-state index is 0.163. The SMILES string of the molecule is Cc1c(C(=O)[O-])ccc(-c2ccc3c(c2)c(C(=O)O)c2ccccc2[n+]3C)c1C. The lowest BCUT2D eigenvalue weighted by molar-refractivity contribution is -0.617. The first-order valence-corrected chi connectivity index (χ1v) is 9.21. The van der Waals surface area contributed by atoms with Crippen LogP contribution in [0.1, 0.15) is 31.8 Å². The van der Waals surface area contributed by atoms with E-state index in [9.17, 15) is 19.8 Å². The van der Waals surface area contributed by atoms with Gasteiger partial charge < -0.3 is 15.0 Å². The quantitative estimate of drug-likeness (QED) is 0.434. The maximum absolute atomic E-state index is 12.1. The molecule has 29 heavy (non-hydrogen) atoms. The highest BCUT2D eigenvalue weighted by Crippen LogP contribution is 2.32. The number of aryl methyl sites for hydroxylation is 1. The number of carboxylic acid groups (broad SMARTS) is 2. The average molecular weight is 385 g/mol. The standard InChI is InChI=1S/C24H19NO4/c1-13-14(2)17(23(26)27)10-9-16(13)15-8-11-21-19(12-15)22(24(28)29)18-6-4-5-7-20(18)25(21)3/h4-12H,1-3H3,(H-,26,27,28,29). The van der Waals surface area contributed by atoms with Gasteiger partial charge in [0.1, 0.15) is 7.05 Å². The Morgan fingerprint density at radius 3 is 2.28 bits per heavy atom. The molecular formula is C24H19NO4. The summed E-state index contributed by atoms with van der Waals surface area (Å²) in [5.74, 6) is -2.19. The number of pyridine rings is 1. The van der Waals surface area contributed by atoms with Crippen LogP contribution in [0.4, 0.5) is 0 Å². The van der Waals surface area contributed by atoms with Crippen molar-refractivity contribution < 1.29 is 24.4 Å². The van der Waals surface area contributed by atoms with Crippen molar-refractivity contribution in [3.05, 3.63) is 76.9 Å². The van der Waals surface area contributed by atoms with Gasteiger partial charge in [0.15, 0.2) is 0 Å². The molecule has 0 bridgehead atoms. The van der Waals surface area contributed by atoms with E-state index in [4.69, 9.17) is 0 Å². The number of aromatic carboxylic acids is 2. The molecule has 0 radical (unpaired) electrons. The molecule has 0 saturated carbocycles. The molecule has 0 atom stereocenters. The summed E-state index contributed by atoms with van der Waals surface area (Å²) in [5, 5.41) is 22.6. The number of carbonyl (C=O) groups is 2. The number of rotatable bonds is 3. The molecule has 1 aromatic heterocycles. The molecule has 0 fully saturated rings. The molecule has 3 aromatic carbocycles. The van der Waals surface area contributed by atoms with Crippen molar-refractivity contribution >= 4 is 33.7 Å². The summed E-state index contributed by atoms with van der Waals surface area (Å²) < 4.78 is 1.98. The van der Waals surface area contributed by atoms with Crippen LogP contribution >= 0.6 is 0 Å². The smallest absolute Gasteiger partial charge is 0.337 e. The summed E-state index contributed by atoms with van der Waals surface area (Å²) in [4.78, 5) is 23.4. The fourth-order valence-electron chi connectivity index (χ4n) is 4.03. The maximum atomic E-state index is 12.1. The molecule has 0 saturated heterocycles. The number of hydrogen-bond acceptors (Lipinski definition) is 3. The zero-order valence-electron chi connectivity index (χ0n) is 16.3. The van der Waals surface area contributed by atoms with E-state index in [1.807, 2.05) is 61.0 Å². The Balaban J connectivity index is 2.06. The first kappa shape index (κ1) is 18.6. The van der Waals surface area contributed by atoms with Crippen molar-refractivity contribution in [2.75, 3.05) is 0 Å². The minimum atomic E-state index is -1.21. The van der Waals surface area contributed by atoms with E-state index < -0.39 is 11.9 Å². The van der Waals surface area contributed by atoms with Crippen molar-refractivity contribution in [2.45, 2.75) is 13.8 Å². The van der Waals surface area contributed by atoms with Crippen LogP contribution in [0.25, 0.3) is 32.9 Å². The van der Waals surface area contributed by atoms with Crippen LogP contribution in [0.15, 0.2) is 54.6 Å². The third-order valence-electron chi connectivity index (χ3n) is 5.69. The number of carbonyl (C=O) groups excluding carboxylic acids is 1. The molecule has 5 nitrogen and oxygen atoms in total. The zero-order valence-corrected chi connectivity index (χ0v) is 16.3. The highest BCUT2D eigenvalue weighted by molar-refractivity contribution is 6.12. The van der Waals surface area contributed by atoms with Crippen molar-refractivity contribution in [2.24, 2.45) is 7.05 Å².